The Hall–Kier alpha value is -1.41. The van der Waals surface area contributed by atoms with Gasteiger partial charge >= 0.3 is 0 Å². The molecule has 1 aliphatic carbocycles. The highest BCUT2D eigenvalue weighted by Gasteiger charge is 2.51. The Morgan fingerprint density at radius 2 is 2.00 bits per heavy atom. The van der Waals surface area contributed by atoms with Crippen LogP contribution in [-0.2, 0) is 15.4 Å². The van der Waals surface area contributed by atoms with Gasteiger partial charge < -0.3 is 5.32 Å². The molecule has 8 heteroatoms. The highest BCUT2D eigenvalue weighted by Crippen LogP contribution is 2.55. The van der Waals surface area contributed by atoms with Crippen LogP contribution in [0.4, 0.5) is 10.1 Å². The topological polar surface area (TPSA) is 58.2 Å². The lowest BCUT2D eigenvalue weighted by Gasteiger charge is -2.42. The van der Waals surface area contributed by atoms with Gasteiger partial charge in [-0.1, -0.05) is 39.7 Å². The molecule has 2 aliphatic rings. The maximum Gasteiger partial charge on any atom is 0.240 e. The molecule has 0 aromatic heterocycles. The molecule has 1 aliphatic heterocycles. The van der Waals surface area contributed by atoms with Gasteiger partial charge in [-0.2, -0.15) is 0 Å². The Bertz CT molecular complexity index is 1070. The first kappa shape index (κ1) is 20.8. The zero-order valence-corrected chi connectivity index (χ0v) is 18.8. The second-order valence-corrected chi connectivity index (χ2v) is 10.6. The second-order valence-electron chi connectivity index (χ2n) is 7.54. The summed E-state index contributed by atoms with van der Waals surface area (Å²) in [6.07, 6.45) is 3.18. The van der Waals surface area contributed by atoms with Crippen molar-refractivity contribution < 1.29 is 12.8 Å². The molecule has 0 spiro atoms. The molecule has 154 valence electrons. The summed E-state index contributed by atoms with van der Waals surface area (Å²) >= 11 is 9.43. The minimum absolute atomic E-state index is 0.00742. The van der Waals surface area contributed by atoms with Crippen LogP contribution in [0.2, 0.25) is 5.02 Å². The van der Waals surface area contributed by atoms with Crippen LogP contribution >= 0.6 is 27.5 Å². The molecule has 2 aromatic carbocycles. The summed E-state index contributed by atoms with van der Waals surface area (Å²) in [5.74, 6) is -0.300. The molecule has 1 saturated carbocycles. The fraction of sp³-hybridized carbons (Fsp3) is 0.333. The molecule has 2 N–H and O–H groups in total. The Morgan fingerprint density at radius 3 is 2.72 bits per heavy atom. The average Bonchev–Trinajstić information content (AvgIpc) is 3.03. The molecular weight excluding hydrogens is 479 g/mol. The third kappa shape index (κ3) is 3.52. The van der Waals surface area contributed by atoms with Crippen molar-refractivity contribution in [3.05, 3.63) is 69.4 Å². The summed E-state index contributed by atoms with van der Waals surface area (Å²) in [5, 5.41) is 3.82. The van der Waals surface area contributed by atoms with Crippen molar-refractivity contribution in [3.8, 4) is 0 Å². The third-order valence-corrected chi connectivity index (χ3v) is 8.39. The average molecular weight is 500 g/mol. The molecule has 1 fully saturated rings. The first-order valence-electron chi connectivity index (χ1n) is 9.44. The van der Waals surface area contributed by atoms with Gasteiger partial charge in [-0.05, 0) is 62.1 Å². The molecule has 4 rings (SSSR count). The largest absolute Gasteiger partial charge is 0.378 e. The van der Waals surface area contributed by atoms with Crippen LogP contribution in [0.25, 0.3) is 0 Å². The van der Waals surface area contributed by atoms with Crippen molar-refractivity contribution in [1.29, 1.82) is 0 Å². The van der Waals surface area contributed by atoms with E-state index >= 15 is 0 Å². The number of nitrogens with one attached hydrogen (secondary N) is 2. The molecule has 2 atom stereocenters. The minimum atomic E-state index is -3.67. The Morgan fingerprint density at radius 1 is 1.28 bits per heavy atom. The van der Waals surface area contributed by atoms with Crippen LogP contribution < -0.4 is 10.0 Å². The van der Waals surface area contributed by atoms with E-state index in [2.05, 4.69) is 32.5 Å². The number of benzene rings is 2. The van der Waals surface area contributed by atoms with E-state index in [-0.39, 0.29) is 23.3 Å². The van der Waals surface area contributed by atoms with E-state index in [1.165, 1.54) is 18.2 Å². The zero-order valence-electron chi connectivity index (χ0n) is 15.6. The number of hydrogen-bond acceptors (Lipinski definition) is 3. The van der Waals surface area contributed by atoms with E-state index in [1.807, 2.05) is 0 Å². The van der Waals surface area contributed by atoms with E-state index in [1.54, 1.807) is 18.2 Å². The summed E-state index contributed by atoms with van der Waals surface area (Å²) in [6, 6.07) is 9.18. The SMILES string of the molecule is C=C1CCCC2Nc3c(F)ccc(Br)c3C12CCNS(=O)(=O)c1ccc(Cl)cc1. The van der Waals surface area contributed by atoms with Gasteiger partial charge in [0.15, 0.2) is 0 Å². The highest BCUT2D eigenvalue weighted by molar-refractivity contribution is 9.10. The van der Waals surface area contributed by atoms with Crippen molar-refractivity contribution in [3.63, 3.8) is 0 Å². The molecule has 0 saturated heterocycles. The normalized spacial score (nSPS) is 23.4. The van der Waals surface area contributed by atoms with Crippen LogP contribution in [0.3, 0.4) is 0 Å². The van der Waals surface area contributed by atoms with Gasteiger partial charge in [0.2, 0.25) is 10.0 Å². The van der Waals surface area contributed by atoms with Gasteiger partial charge in [0, 0.05) is 33.1 Å². The van der Waals surface area contributed by atoms with E-state index in [0.29, 0.717) is 17.1 Å². The van der Waals surface area contributed by atoms with Crippen molar-refractivity contribution in [2.45, 2.75) is 42.0 Å². The number of anilines is 1. The maximum absolute atomic E-state index is 14.5. The molecule has 4 nitrogen and oxygen atoms in total. The lowest BCUT2D eigenvalue weighted by molar-refractivity contribution is 0.343. The van der Waals surface area contributed by atoms with Crippen LogP contribution in [0.5, 0.6) is 0 Å². The quantitative estimate of drug-likeness (QED) is 0.543. The molecule has 2 aromatic rings. The fourth-order valence-electron chi connectivity index (χ4n) is 4.64. The number of sulfonamides is 1. The monoisotopic (exact) mass is 498 g/mol. The van der Waals surface area contributed by atoms with Crippen molar-refractivity contribution >= 4 is 43.2 Å². The maximum atomic E-state index is 14.5. The van der Waals surface area contributed by atoms with Crippen LogP contribution in [0.1, 0.15) is 31.2 Å². The number of fused-ring (bicyclic) bond motifs is 3. The number of rotatable bonds is 5. The Balaban J connectivity index is 1.63. The van der Waals surface area contributed by atoms with Gasteiger partial charge in [-0.3, -0.25) is 0 Å². The summed E-state index contributed by atoms with van der Waals surface area (Å²) in [6.45, 7) is 4.52. The first-order chi connectivity index (χ1) is 13.8. The lowest BCUT2D eigenvalue weighted by atomic mass is 9.63. The van der Waals surface area contributed by atoms with Crippen LogP contribution in [-0.4, -0.2) is 21.0 Å². The smallest absolute Gasteiger partial charge is 0.240 e. The predicted molar refractivity (Wildman–Crippen MR) is 117 cm³/mol. The van der Waals surface area contributed by atoms with E-state index in [0.717, 1.165) is 34.9 Å². The standard InChI is InChI=1S/C21H21BrClFN2O2S/c1-13-3-2-4-18-21(13,19-16(22)9-10-17(24)20(19)26-18)11-12-25-29(27,28)15-7-5-14(23)6-8-15/h5-10,18,25-26H,1-4,11-12H2. The second kappa shape index (κ2) is 7.69. The zero-order chi connectivity index (χ0) is 20.8. The van der Waals surface area contributed by atoms with Gasteiger partial charge in [0.25, 0.3) is 0 Å². The fourth-order valence-corrected chi connectivity index (χ4v) is 6.48. The van der Waals surface area contributed by atoms with Crippen molar-refractivity contribution in [2.75, 3.05) is 11.9 Å². The molecule has 0 amide bonds. The lowest BCUT2D eigenvalue weighted by Crippen LogP contribution is -2.45. The summed E-state index contributed by atoms with van der Waals surface area (Å²) in [7, 11) is -3.67. The molecule has 29 heavy (non-hydrogen) atoms. The van der Waals surface area contributed by atoms with E-state index < -0.39 is 15.4 Å². The number of halogens is 3. The molecule has 0 radical (unpaired) electrons. The van der Waals surface area contributed by atoms with Crippen LogP contribution in [0.15, 0.2) is 57.9 Å². The van der Waals surface area contributed by atoms with Gasteiger partial charge in [0.1, 0.15) is 5.82 Å². The summed E-state index contributed by atoms with van der Waals surface area (Å²) in [5.41, 5.74) is 1.83. The van der Waals surface area contributed by atoms with Gasteiger partial charge in [-0.25, -0.2) is 17.5 Å². The number of hydrogen-bond donors (Lipinski definition) is 2. The predicted octanol–water partition coefficient (Wildman–Crippen LogP) is 5.38. The molecular formula is C21H21BrClFN2O2S. The summed E-state index contributed by atoms with van der Waals surface area (Å²) in [4.78, 5) is 0.163. The Kier molecular flexibility index (Phi) is 5.53. The first-order valence-corrected chi connectivity index (χ1v) is 12.1. The molecule has 1 heterocycles. The minimum Gasteiger partial charge on any atom is -0.378 e. The van der Waals surface area contributed by atoms with Crippen molar-refractivity contribution in [2.24, 2.45) is 0 Å². The van der Waals surface area contributed by atoms with Crippen molar-refractivity contribution in [1.82, 2.24) is 4.72 Å². The Labute approximate surface area is 183 Å². The molecule has 0 bridgehead atoms. The summed E-state index contributed by atoms with van der Waals surface area (Å²) < 4.78 is 43.4. The van der Waals surface area contributed by atoms with E-state index in [9.17, 15) is 12.8 Å². The molecule has 2 unspecified atom stereocenters. The van der Waals surface area contributed by atoms with Gasteiger partial charge in [-0.15, -0.1) is 0 Å². The van der Waals surface area contributed by atoms with Crippen LogP contribution in [0, 0.1) is 5.82 Å². The van der Waals surface area contributed by atoms with E-state index in [4.69, 9.17) is 11.6 Å². The van der Waals surface area contributed by atoms with Gasteiger partial charge in [0.05, 0.1) is 10.6 Å². The third-order valence-electron chi connectivity index (χ3n) is 6.00. The highest BCUT2D eigenvalue weighted by atomic mass is 79.9.